The Morgan fingerprint density at radius 2 is 2.05 bits per heavy atom. The minimum absolute atomic E-state index is 0.0169. The zero-order valence-electron chi connectivity index (χ0n) is 12.3. The van der Waals surface area contributed by atoms with E-state index in [0.717, 1.165) is 5.82 Å². The molecule has 1 unspecified atom stereocenters. The summed E-state index contributed by atoms with van der Waals surface area (Å²) >= 11 is 0. The van der Waals surface area contributed by atoms with Crippen LogP contribution in [-0.4, -0.2) is 49.0 Å². The van der Waals surface area contributed by atoms with Crippen molar-refractivity contribution in [2.45, 2.75) is 44.2 Å². The number of nitrogens with one attached hydrogen (secondary N) is 1. The predicted molar refractivity (Wildman–Crippen MR) is 83.4 cm³/mol. The normalized spacial score (nSPS) is 25.1. The third kappa shape index (κ3) is 3.45. The molecule has 21 heavy (non-hydrogen) atoms. The van der Waals surface area contributed by atoms with Crippen molar-refractivity contribution in [2.24, 2.45) is 0 Å². The minimum Gasteiger partial charge on any atom is -0.367 e. The average Bonchev–Trinajstić information content (AvgIpc) is 3.08. The van der Waals surface area contributed by atoms with Gasteiger partial charge in [0.15, 0.2) is 9.84 Å². The lowest BCUT2D eigenvalue weighted by Gasteiger charge is -2.24. The summed E-state index contributed by atoms with van der Waals surface area (Å²) in [4.78, 5) is 10.7. The van der Waals surface area contributed by atoms with Crippen LogP contribution in [0.15, 0.2) is 12.3 Å². The second-order valence-corrected chi connectivity index (χ2v) is 8.26. The number of anilines is 2. The zero-order valence-corrected chi connectivity index (χ0v) is 13.1. The summed E-state index contributed by atoms with van der Waals surface area (Å²) in [7, 11) is -1.01. The molecule has 1 aliphatic carbocycles. The molecular formula is C14H22N4O2S. The van der Waals surface area contributed by atoms with Gasteiger partial charge in [0.2, 0.25) is 5.95 Å². The number of aromatic nitrogens is 2. The fourth-order valence-corrected chi connectivity index (χ4v) is 4.90. The van der Waals surface area contributed by atoms with Gasteiger partial charge in [-0.05, 0) is 25.3 Å². The van der Waals surface area contributed by atoms with Crippen molar-refractivity contribution in [1.82, 2.24) is 9.97 Å². The highest BCUT2D eigenvalue weighted by atomic mass is 32.2. The van der Waals surface area contributed by atoms with E-state index < -0.39 is 9.84 Å². The van der Waals surface area contributed by atoms with E-state index in [1.165, 1.54) is 25.7 Å². The Kier molecular flexibility index (Phi) is 4.01. The van der Waals surface area contributed by atoms with Gasteiger partial charge < -0.3 is 10.2 Å². The Morgan fingerprint density at radius 1 is 1.29 bits per heavy atom. The van der Waals surface area contributed by atoms with Crippen LogP contribution < -0.4 is 10.2 Å². The molecule has 1 saturated heterocycles. The van der Waals surface area contributed by atoms with Crippen LogP contribution in [0.25, 0.3) is 0 Å². The van der Waals surface area contributed by atoms with Crippen molar-refractivity contribution in [3.63, 3.8) is 0 Å². The Balaban J connectivity index is 1.70. The summed E-state index contributed by atoms with van der Waals surface area (Å²) in [5, 5.41) is 3.45. The predicted octanol–water partition coefficient (Wildman–Crippen LogP) is 1.45. The van der Waals surface area contributed by atoms with Crippen molar-refractivity contribution in [2.75, 3.05) is 28.8 Å². The highest BCUT2D eigenvalue weighted by Gasteiger charge is 2.31. The molecule has 1 atom stereocenters. The molecule has 1 aromatic rings. The standard InChI is InChI=1S/C14H22N4O2S/c1-18(12-7-9-21(19,20)10-12)14-15-8-6-13(17-14)16-11-4-2-3-5-11/h6,8,11-12H,2-5,7,9-10H2,1H3,(H,15,16,17). The fraction of sp³-hybridized carbons (Fsp3) is 0.714. The maximum absolute atomic E-state index is 11.6. The first kappa shape index (κ1) is 14.6. The fourth-order valence-electron chi connectivity index (χ4n) is 3.12. The van der Waals surface area contributed by atoms with Gasteiger partial charge in [-0.2, -0.15) is 4.98 Å². The van der Waals surface area contributed by atoms with E-state index in [9.17, 15) is 8.42 Å². The van der Waals surface area contributed by atoms with Gasteiger partial charge in [0.05, 0.1) is 11.5 Å². The van der Waals surface area contributed by atoms with Gasteiger partial charge in [0.25, 0.3) is 0 Å². The van der Waals surface area contributed by atoms with Crippen LogP contribution in [0.5, 0.6) is 0 Å². The summed E-state index contributed by atoms with van der Waals surface area (Å²) in [5.41, 5.74) is 0. The number of rotatable bonds is 4. The third-order valence-corrected chi connectivity index (χ3v) is 6.17. The van der Waals surface area contributed by atoms with Gasteiger partial charge in [0.1, 0.15) is 5.82 Å². The topological polar surface area (TPSA) is 75.2 Å². The maximum Gasteiger partial charge on any atom is 0.227 e. The molecule has 1 N–H and O–H groups in total. The van der Waals surface area contributed by atoms with Crippen LogP contribution in [0.3, 0.4) is 0 Å². The van der Waals surface area contributed by atoms with Crippen LogP contribution >= 0.6 is 0 Å². The van der Waals surface area contributed by atoms with Crippen LogP contribution in [0, 0.1) is 0 Å². The Bertz CT molecular complexity index is 599. The first-order valence-electron chi connectivity index (χ1n) is 7.56. The van der Waals surface area contributed by atoms with Crippen LogP contribution in [0.4, 0.5) is 11.8 Å². The maximum atomic E-state index is 11.6. The number of hydrogen-bond acceptors (Lipinski definition) is 6. The molecule has 2 aliphatic rings. The number of hydrogen-bond donors (Lipinski definition) is 1. The van der Waals surface area contributed by atoms with Crippen molar-refractivity contribution in [3.05, 3.63) is 12.3 Å². The summed E-state index contributed by atoms with van der Waals surface area (Å²) in [6.07, 6.45) is 7.32. The summed E-state index contributed by atoms with van der Waals surface area (Å²) < 4.78 is 23.2. The number of nitrogens with zero attached hydrogens (tertiary/aromatic N) is 3. The van der Waals surface area contributed by atoms with E-state index in [-0.39, 0.29) is 17.5 Å². The Hall–Kier alpha value is -1.37. The van der Waals surface area contributed by atoms with E-state index in [4.69, 9.17) is 0 Å². The van der Waals surface area contributed by atoms with Crippen molar-refractivity contribution in [1.29, 1.82) is 0 Å². The largest absolute Gasteiger partial charge is 0.367 e. The monoisotopic (exact) mass is 310 g/mol. The van der Waals surface area contributed by atoms with E-state index in [0.29, 0.717) is 18.4 Å². The molecular weight excluding hydrogens is 288 g/mol. The number of sulfone groups is 1. The van der Waals surface area contributed by atoms with Gasteiger partial charge in [-0.15, -0.1) is 0 Å². The minimum atomic E-state index is -2.89. The molecule has 7 heteroatoms. The lowest BCUT2D eigenvalue weighted by Crippen LogP contribution is -2.34. The van der Waals surface area contributed by atoms with E-state index in [1.807, 2.05) is 18.0 Å². The van der Waals surface area contributed by atoms with Crippen LogP contribution in [0.1, 0.15) is 32.1 Å². The molecule has 1 aromatic heterocycles. The Morgan fingerprint density at radius 3 is 2.71 bits per heavy atom. The van der Waals surface area contributed by atoms with Gasteiger partial charge in [-0.3, -0.25) is 0 Å². The SMILES string of the molecule is CN(c1nccc(NC2CCCC2)n1)C1CCS(=O)(=O)C1. The second kappa shape index (κ2) is 5.79. The first-order chi connectivity index (χ1) is 10.0. The molecule has 116 valence electrons. The van der Waals surface area contributed by atoms with Crippen molar-refractivity contribution >= 4 is 21.6 Å². The van der Waals surface area contributed by atoms with Crippen LogP contribution in [0.2, 0.25) is 0 Å². The van der Waals surface area contributed by atoms with E-state index >= 15 is 0 Å². The highest BCUT2D eigenvalue weighted by Crippen LogP contribution is 2.23. The average molecular weight is 310 g/mol. The summed E-state index contributed by atoms with van der Waals surface area (Å²) in [6.45, 7) is 0. The molecule has 0 spiro atoms. The Labute approximate surface area is 125 Å². The summed E-state index contributed by atoms with van der Waals surface area (Å²) in [6, 6.07) is 2.36. The molecule has 3 rings (SSSR count). The first-order valence-corrected chi connectivity index (χ1v) is 9.38. The molecule has 6 nitrogen and oxygen atoms in total. The molecule has 0 aromatic carbocycles. The highest BCUT2D eigenvalue weighted by molar-refractivity contribution is 7.91. The zero-order chi connectivity index (χ0) is 14.9. The molecule has 2 fully saturated rings. The quantitative estimate of drug-likeness (QED) is 0.907. The summed E-state index contributed by atoms with van der Waals surface area (Å²) in [5.74, 6) is 1.90. The molecule has 0 radical (unpaired) electrons. The molecule has 2 heterocycles. The molecule has 0 bridgehead atoms. The smallest absolute Gasteiger partial charge is 0.227 e. The molecule has 1 aliphatic heterocycles. The van der Waals surface area contributed by atoms with E-state index in [2.05, 4.69) is 15.3 Å². The van der Waals surface area contributed by atoms with Crippen molar-refractivity contribution in [3.8, 4) is 0 Å². The molecule has 0 amide bonds. The second-order valence-electron chi connectivity index (χ2n) is 6.04. The molecule has 1 saturated carbocycles. The van der Waals surface area contributed by atoms with Gasteiger partial charge in [-0.25, -0.2) is 13.4 Å². The van der Waals surface area contributed by atoms with Gasteiger partial charge in [0, 0.05) is 25.3 Å². The lowest BCUT2D eigenvalue weighted by atomic mass is 10.2. The lowest BCUT2D eigenvalue weighted by molar-refractivity contribution is 0.600. The third-order valence-electron chi connectivity index (χ3n) is 4.42. The van der Waals surface area contributed by atoms with Crippen LogP contribution in [-0.2, 0) is 9.84 Å². The van der Waals surface area contributed by atoms with Gasteiger partial charge >= 0.3 is 0 Å². The van der Waals surface area contributed by atoms with E-state index in [1.54, 1.807) is 6.20 Å². The van der Waals surface area contributed by atoms with Gasteiger partial charge in [-0.1, -0.05) is 12.8 Å². The van der Waals surface area contributed by atoms with Crippen molar-refractivity contribution < 1.29 is 8.42 Å².